The Kier molecular flexibility index (Phi) is 7.73. The first-order valence-electron chi connectivity index (χ1n) is 10.0. The van der Waals surface area contributed by atoms with Crippen molar-refractivity contribution in [3.05, 3.63) is 59.8 Å². The number of pyridine rings is 1. The van der Waals surface area contributed by atoms with Crippen LogP contribution in [0.2, 0.25) is 0 Å². The number of ether oxygens (including phenoxy) is 1. The van der Waals surface area contributed by atoms with Crippen molar-refractivity contribution in [2.75, 3.05) is 5.32 Å². The second-order valence-electron chi connectivity index (χ2n) is 7.39. The molecular formula is C22H26FN3O4. The molecule has 0 radical (unpaired) electrons. The maximum absolute atomic E-state index is 13.6. The number of benzene rings is 1. The van der Waals surface area contributed by atoms with E-state index in [1.54, 1.807) is 12.1 Å². The Morgan fingerprint density at radius 2 is 1.87 bits per heavy atom. The van der Waals surface area contributed by atoms with Gasteiger partial charge in [0, 0.05) is 6.20 Å². The number of amides is 2. The molecule has 0 saturated heterocycles. The zero-order valence-corrected chi connectivity index (χ0v) is 16.6. The predicted octanol–water partition coefficient (Wildman–Crippen LogP) is 3.34. The number of alkyl halides is 1. The van der Waals surface area contributed by atoms with Gasteiger partial charge in [-0.1, -0.05) is 30.3 Å². The number of aliphatic hydroxyl groups is 1. The highest BCUT2D eigenvalue weighted by Crippen LogP contribution is 2.29. The summed E-state index contributed by atoms with van der Waals surface area (Å²) in [5.41, 5.74) is 1.43. The van der Waals surface area contributed by atoms with E-state index in [0.29, 0.717) is 31.2 Å². The van der Waals surface area contributed by atoms with Crippen LogP contribution in [-0.2, 0) is 22.7 Å². The number of nitrogens with one attached hydrogen (secondary N) is 2. The van der Waals surface area contributed by atoms with Gasteiger partial charge in [0.2, 0.25) is 5.91 Å². The molecule has 8 heteroatoms. The van der Waals surface area contributed by atoms with Gasteiger partial charge in [0.1, 0.15) is 24.6 Å². The molecule has 1 fully saturated rings. The molecule has 1 aliphatic rings. The number of hydrogen-bond acceptors (Lipinski definition) is 5. The van der Waals surface area contributed by atoms with Crippen LogP contribution in [0.3, 0.4) is 0 Å². The van der Waals surface area contributed by atoms with Gasteiger partial charge in [-0.25, -0.2) is 14.2 Å². The molecule has 2 aromatic rings. The summed E-state index contributed by atoms with van der Waals surface area (Å²) >= 11 is 0. The largest absolute Gasteiger partial charge is 0.445 e. The highest BCUT2D eigenvalue weighted by atomic mass is 19.1. The summed E-state index contributed by atoms with van der Waals surface area (Å²) in [6.45, 7) is -0.0995. The molecule has 3 rings (SSSR count). The number of rotatable bonds is 7. The third kappa shape index (κ3) is 6.25. The van der Waals surface area contributed by atoms with Crippen LogP contribution in [0, 0.1) is 5.92 Å². The maximum Gasteiger partial charge on any atom is 0.408 e. The van der Waals surface area contributed by atoms with Crippen molar-refractivity contribution in [3.63, 3.8) is 0 Å². The molecule has 0 aliphatic heterocycles. The first-order valence-corrected chi connectivity index (χ1v) is 10.0. The molecule has 7 nitrogen and oxygen atoms in total. The molecule has 1 aromatic carbocycles. The normalized spacial score (nSPS) is 19.5. The van der Waals surface area contributed by atoms with Crippen LogP contribution >= 0.6 is 0 Å². The van der Waals surface area contributed by atoms with Crippen molar-refractivity contribution in [2.45, 2.75) is 51.1 Å². The van der Waals surface area contributed by atoms with Crippen molar-refractivity contribution in [1.82, 2.24) is 10.3 Å². The lowest BCUT2D eigenvalue weighted by Crippen LogP contribution is -2.49. The smallest absolute Gasteiger partial charge is 0.408 e. The number of aliphatic hydroxyl groups excluding tert-OH is 1. The van der Waals surface area contributed by atoms with Crippen molar-refractivity contribution >= 4 is 17.8 Å². The van der Waals surface area contributed by atoms with E-state index < -0.39 is 24.2 Å². The standard InChI is InChI=1S/C22H26FN3O4/c23-18-8-6-17(7-9-18)20(21(28)25-19-12-16(13-27)10-11-24-19)26-22(29)30-14-15-4-2-1-3-5-15/h1-5,10-12,17-18,20,27H,6-9,13-14H2,(H,26,29)(H,24,25,28)/t17?,18?,20-/m1/s1. The van der Waals surface area contributed by atoms with Crippen LogP contribution in [0.1, 0.15) is 36.8 Å². The molecule has 160 valence electrons. The summed E-state index contributed by atoms with van der Waals surface area (Å²) in [7, 11) is 0. The van der Waals surface area contributed by atoms with Crippen molar-refractivity contribution < 1.29 is 23.8 Å². The van der Waals surface area contributed by atoms with Gasteiger partial charge >= 0.3 is 6.09 Å². The quantitative estimate of drug-likeness (QED) is 0.644. The fourth-order valence-corrected chi connectivity index (χ4v) is 3.55. The summed E-state index contributed by atoms with van der Waals surface area (Å²) in [5, 5.41) is 14.6. The van der Waals surface area contributed by atoms with Crippen molar-refractivity contribution in [2.24, 2.45) is 5.92 Å². The summed E-state index contributed by atoms with van der Waals surface area (Å²) < 4.78 is 18.8. The lowest BCUT2D eigenvalue weighted by atomic mass is 9.82. The van der Waals surface area contributed by atoms with Gasteiger partial charge in [0.05, 0.1) is 6.61 Å². The van der Waals surface area contributed by atoms with Gasteiger partial charge in [0.25, 0.3) is 0 Å². The molecular weight excluding hydrogens is 389 g/mol. The monoisotopic (exact) mass is 415 g/mol. The molecule has 1 saturated carbocycles. The maximum atomic E-state index is 13.6. The van der Waals surface area contributed by atoms with Crippen molar-refractivity contribution in [3.8, 4) is 0 Å². The SMILES string of the molecule is O=C(N[C@@H](C(=O)Nc1cc(CO)ccn1)C1CCC(F)CC1)OCc1ccccc1. The van der Waals surface area contributed by atoms with Gasteiger partial charge in [0.15, 0.2) is 0 Å². The third-order valence-corrected chi connectivity index (χ3v) is 5.20. The Labute approximate surface area is 174 Å². The van der Waals surface area contributed by atoms with Crippen molar-refractivity contribution in [1.29, 1.82) is 0 Å². The van der Waals surface area contributed by atoms with Crippen LogP contribution in [0.15, 0.2) is 48.7 Å². The minimum absolute atomic E-state index is 0.0817. The number of alkyl carbamates (subject to hydrolysis) is 1. The summed E-state index contributed by atoms with van der Waals surface area (Å²) in [6.07, 6.45) is 1.58. The van der Waals surface area contributed by atoms with Gasteiger partial charge < -0.3 is 20.5 Å². The Morgan fingerprint density at radius 1 is 1.13 bits per heavy atom. The number of carbonyl (C=O) groups excluding carboxylic acids is 2. The third-order valence-electron chi connectivity index (χ3n) is 5.20. The first-order chi connectivity index (χ1) is 14.5. The van der Waals surface area contributed by atoms with Crippen LogP contribution < -0.4 is 10.6 Å². The Bertz CT molecular complexity index is 841. The molecule has 3 N–H and O–H groups in total. The first kappa shape index (κ1) is 21.7. The van der Waals surface area contributed by atoms with Gasteiger partial charge in [-0.15, -0.1) is 0 Å². The fraction of sp³-hybridized carbons (Fsp3) is 0.409. The molecule has 1 aliphatic carbocycles. The zero-order valence-electron chi connectivity index (χ0n) is 16.6. The number of halogens is 1. The minimum Gasteiger partial charge on any atom is -0.445 e. The minimum atomic E-state index is -0.877. The predicted molar refractivity (Wildman–Crippen MR) is 109 cm³/mol. The van der Waals surface area contributed by atoms with E-state index in [4.69, 9.17) is 4.74 Å². The Balaban J connectivity index is 1.66. The van der Waals surface area contributed by atoms with E-state index >= 15 is 0 Å². The molecule has 30 heavy (non-hydrogen) atoms. The van der Waals surface area contributed by atoms with Gasteiger partial charge in [-0.3, -0.25) is 4.79 Å². The van der Waals surface area contributed by atoms with E-state index in [1.165, 1.54) is 6.20 Å². The van der Waals surface area contributed by atoms with Crippen LogP contribution in [0.4, 0.5) is 15.0 Å². The molecule has 1 heterocycles. The zero-order chi connectivity index (χ0) is 21.3. The highest BCUT2D eigenvalue weighted by molar-refractivity contribution is 5.96. The van der Waals surface area contributed by atoms with E-state index in [2.05, 4.69) is 15.6 Å². The van der Waals surface area contributed by atoms with Crippen LogP contribution in [-0.4, -0.2) is 34.3 Å². The molecule has 2 amide bonds. The van der Waals surface area contributed by atoms with Gasteiger partial charge in [-0.05, 0) is 54.9 Å². The lowest BCUT2D eigenvalue weighted by molar-refractivity contribution is -0.119. The average Bonchev–Trinajstić information content (AvgIpc) is 2.77. The fourth-order valence-electron chi connectivity index (χ4n) is 3.55. The summed E-state index contributed by atoms with van der Waals surface area (Å²) in [4.78, 5) is 29.4. The number of hydrogen-bond donors (Lipinski definition) is 3. The van der Waals surface area contributed by atoms with E-state index in [9.17, 15) is 19.1 Å². The van der Waals surface area contributed by atoms with E-state index in [-0.39, 0.29) is 24.9 Å². The molecule has 0 unspecified atom stereocenters. The number of carbonyl (C=O) groups is 2. The average molecular weight is 415 g/mol. The second kappa shape index (κ2) is 10.7. The van der Waals surface area contributed by atoms with E-state index in [1.807, 2.05) is 30.3 Å². The molecule has 0 bridgehead atoms. The lowest BCUT2D eigenvalue weighted by Gasteiger charge is -2.31. The summed E-state index contributed by atoms with van der Waals surface area (Å²) in [5.74, 6) is -0.381. The number of aromatic nitrogens is 1. The second-order valence-corrected chi connectivity index (χ2v) is 7.39. The number of anilines is 1. The Morgan fingerprint density at radius 3 is 2.57 bits per heavy atom. The molecule has 1 atom stereocenters. The topological polar surface area (TPSA) is 101 Å². The Hall–Kier alpha value is -3.00. The van der Waals surface area contributed by atoms with Crippen LogP contribution in [0.5, 0.6) is 0 Å². The van der Waals surface area contributed by atoms with E-state index in [0.717, 1.165) is 5.56 Å². The molecule has 0 spiro atoms. The molecule has 1 aromatic heterocycles. The highest BCUT2D eigenvalue weighted by Gasteiger charge is 2.34. The number of nitrogens with zero attached hydrogens (tertiary/aromatic N) is 1. The van der Waals surface area contributed by atoms with Crippen LogP contribution in [0.25, 0.3) is 0 Å². The van der Waals surface area contributed by atoms with Gasteiger partial charge in [-0.2, -0.15) is 0 Å². The summed E-state index contributed by atoms with van der Waals surface area (Å²) in [6, 6.07) is 11.5.